The van der Waals surface area contributed by atoms with E-state index in [0.717, 1.165) is 12.5 Å². The van der Waals surface area contributed by atoms with Crippen molar-refractivity contribution in [3.8, 4) is 0 Å². The van der Waals surface area contributed by atoms with E-state index in [9.17, 15) is 10.2 Å². The lowest BCUT2D eigenvalue weighted by Crippen LogP contribution is -2.43. The fraction of sp³-hybridized carbons (Fsp3) is 1.00. The summed E-state index contributed by atoms with van der Waals surface area (Å²) in [6, 6.07) is 0. The van der Waals surface area contributed by atoms with Crippen LogP contribution in [-0.4, -0.2) is 64.5 Å². The molecule has 35 heavy (non-hydrogen) atoms. The molecule has 2 aliphatic carbocycles. The fourth-order valence-corrected chi connectivity index (χ4v) is 7.09. The van der Waals surface area contributed by atoms with E-state index < -0.39 is 28.8 Å². The Morgan fingerprint density at radius 2 is 1.00 bits per heavy atom. The van der Waals surface area contributed by atoms with Gasteiger partial charge in [-0.1, -0.05) is 69.2 Å². The zero-order chi connectivity index (χ0) is 27.3. The molecular formula is C28H58O5Si2. The van der Waals surface area contributed by atoms with Gasteiger partial charge in [0.2, 0.25) is 0 Å². The van der Waals surface area contributed by atoms with Gasteiger partial charge in [-0.25, -0.2) is 0 Å². The molecule has 3 fully saturated rings. The van der Waals surface area contributed by atoms with Gasteiger partial charge in [-0.15, -0.1) is 0 Å². The highest BCUT2D eigenvalue weighted by Gasteiger charge is 2.58. The summed E-state index contributed by atoms with van der Waals surface area (Å²) >= 11 is 0. The van der Waals surface area contributed by atoms with Crippen molar-refractivity contribution in [3.63, 3.8) is 0 Å². The molecule has 0 spiro atoms. The zero-order valence-electron chi connectivity index (χ0n) is 25.3. The Labute approximate surface area is 219 Å². The van der Waals surface area contributed by atoms with Gasteiger partial charge in [0.1, 0.15) is 0 Å². The maximum atomic E-state index is 10.1. The SMILES string of the molecule is CC1C(O)C(O)[C@@H](CO[Si](C)(C)C(C)(C)C)[C@@H]1C.CC1C2OC2[C@@H](CO[Si](C)(C)C(C)(C)C)[C@@H]1C. The lowest BCUT2D eigenvalue weighted by atomic mass is 9.92. The predicted molar refractivity (Wildman–Crippen MR) is 151 cm³/mol. The van der Waals surface area contributed by atoms with Crippen molar-refractivity contribution in [1.29, 1.82) is 0 Å². The van der Waals surface area contributed by atoms with Crippen LogP contribution in [0.1, 0.15) is 69.2 Å². The van der Waals surface area contributed by atoms with E-state index in [1.807, 2.05) is 6.92 Å². The molecule has 7 heteroatoms. The first-order valence-electron chi connectivity index (χ1n) is 13.9. The van der Waals surface area contributed by atoms with E-state index in [-0.39, 0.29) is 16.9 Å². The highest BCUT2D eigenvalue weighted by Crippen LogP contribution is 2.51. The molecule has 0 aromatic heterocycles. The van der Waals surface area contributed by atoms with Crippen LogP contribution in [0, 0.1) is 35.5 Å². The summed E-state index contributed by atoms with van der Waals surface area (Å²) < 4.78 is 18.3. The minimum absolute atomic E-state index is 0.0594. The first kappa shape index (κ1) is 31.5. The van der Waals surface area contributed by atoms with Crippen LogP contribution in [0.15, 0.2) is 0 Å². The quantitative estimate of drug-likeness (QED) is 0.311. The standard InChI is InChI=1S/C14H30O3Si.C14H28O2Si/c1-9-10(2)12(15)13(16)11(9)8-17-18(6,7)14(3,4)5;1-9-10(2)12-13(16-12)11(9)8-15-17(6,7)14(3,4)5/h9-13,15-16H,8H2,1-7H3;9-13H,8H2,1-7H3/t2*9-,10?,11+,12?,13?/m11/s1. The molecule has 3 rings (SSSR count). The van der Waals surface area contributed by atoms with E-state index in [1.165, 1.54) is 0 Å². The van der Waals surface area contributed by atoms with Gasteiger partial charge in [0.25, 0.3) is 0 Å². The van der Waals surface area contributed by atoms with Crippen LogP contribution < -0.4 is 0 Å². The number of hydrogen-bond acceptors (Lipinski definition) is 5. The Balaban J connectivity index is 0.000000247. The fourth-order valence-electron chi connectivity index (χ4n) is 5.01. The van der Waals surface area contributed by atoms with Crippen molar-refractivity contribution in [2.45, 2.75) is 130 Å². The minimum atomic E-state index is -1.77. The molecule has 5 nitrogen and oxygen atoms in total. The van der Waals surface area contributed by atoms with Crippen molar-refractivity contribution in [1.82, 2.24) is 0 Å². The number of hydrogen-bond donors (Lipinski definition) is 2. The van der Waals surface area contributed by atoms with Crippen LogP contribution >= 0.6 is 0 Å². The predicted octanol–water partition coefficient (Wildman–Crippen LogP) is 6.31. The second-order valence-corrected chi connectivity index (χ2v) is 24.6. The van der Waals surface area contributed by atoms with E-state index in [2.05, 4.69) is 88.5 Å². The third-order valence-electron chi connectivity index (χ3n) is 10.7. The summed E-state index contributed by atoms with van der Waals surface area (Å²) in [5.74, 6) is 2.61. The Morgan fingerprint density at radius 3 is 1.31 bits per heavy atom. The summed E-state index contributed by atoms with van der Waals surface area (Å²) in [5.41, 5.74) is 0. The minimum Gasteiger partial charge on any atom is -0.416 e. The van der Waals surface area contributed by atoms with Crippen molar-refractivity contribution < 1.29 is 23.8 Å². The highest BCUT2D eigenvalue weighted by atomic mass is 28.4. The second-order valence-electron chi connectivity index (χ2n) is 15.0. The van der Waals surface area contributed by atoms with Gasteiger partial charge in [0.05, 0.1) is 24.4 Å². The number of aliphatic hydroxyl groups is 2. The van der Waals surface area contributed by atoms with Gasteiger partial charge in [-0.2, -0.15) is 0 Å². The number of epoxide rings is 1. The average Bonchev–Trinajstić information content (AvgIpc) is 3.42. The maximum absolute atomic E-state index is 10.1. The number of aliphatic hydroxyl groups excluding tert-OH is 2. The summed E-state index contributed by atoms with van der Waals surface area (Å²) in [6.45, 7) is 32.9. The molecule has 0 aromatic carbocycles. The molecule has 10 atom stereocenters. The number of ether oxygens (including phenoxy) is 1. The van der Waals surface area contributed by atoms with Gasteiger partial charge in [-0.3, -0.25) is 0 Å². The Hall–Kier alpha value is 0.234. The largest absolute Gasteiger partial charge is 0.416 e. The number of rotatable bonds is 6. The molecule has 208 valence electrons. The normalized spacial score (nSPS) is 39.8. The van der Waals surface area contributed by atoms with Gasteiger partial charge >= 0.3 is 0 Å². The third-order valence-corrected chi connectivity index (χ3v) is 19.7. The van der Waals surface area contributed by atoms with E-state index >= 15 is 0 Å². The topological polar surface area (TPSA) is 71.5 Å². The molecule has 6 unspecified atom stereocenters. The van der Waals surface area contributed by atoms with Crippen LogP contribution in [0.25, 0.3) is 0 Å². The zero-order valence-corrected chi connectivity index (χ0v) is 27.3. The van der Waals surface area contributed by atoms with Crippen LogP contribution in [0.3, 0.4) is 0 Å². The molecule has 0 amide bonds. The molecular weight excluding hydrogens is 472 g/mol. The lowest BCUT2D eigenvalue weighted by molar-refractivity contribution is -0.00307. The highest BCUT2D eigenvalue weighted by molar-refractivity contribution is 6.74. The third kappa shape index (κ3) is 6.82. The molecule has 2 N–H and O–H groups in total. The molecule has 0 aromatic rings. The first-order valence-corrected chi connectivity index (χ1v) is 19.7. The van der Waals surface area contributed by atoms with Crippen LogP contribution in [0.5, 0.6) is 0 Å². The summed E-state index contributed by atoms with van der Waals surface area (Å²) in [5, 5.41) is 20.5. The Kier molecular flexibility index (Phi) is 9.68. The van der Waals surface area contributed by atoms with Gasteiger partial charge in [0, 0.05) is 25.0 Å². The van der Waals surface area contributed by atoms with Crippen molar-refractivity contribution in [2.75, 3.05) is 13.2 Å². The van der Waals surface area contributed by atoms with Gasteiger partial charge < -0.3 is 23.8 Å². The Bertz CT molecular complexity index is 684. The molecule has 1 aliphatic heterocycles. The summed E-state index contributed by atoms with van der Waals surface area (Å²) in [7, 11) is -3.36. The van der Waals surface area contributed by atoms with Gasteiger partial charge in [-0.05, 0) is 59.9 Å². The Morgan fingerprint density at radius 1 is 0.600 bits per heavy atom. The molecule has 1 heterocycles. The maximum Gasteiger partial charge on any atom is 0.191 e. The molecule has 0 bridgehead atoms. The molecule has 3 aliphatic rings. The van der Waals surface area contributed by atoms with Crippen molar-refractivity contribution in [3.05, 3.63) is 0 Å². The smallest absolute Gasteiger partial charge is 0.191 e. The van der Waals surface area contributed by atoms with Crippen molar-refractivity contribution in [2.24, 2.45) is 35.5 Å². The van der Waals surface area contributed by atoms with Crippen LogP contribution in [0.4, 0.5) is 0 Å². The van der Waals surface area contributed by atoms with Crippen LogP contribution in [-0.2, 0) is 13.6 Å². The average molecular weight is 531 g/mol. The van der Waals surface area contributed by atoms with Gasteiger partial charge in [0.15, 0.2) is 16.6 Å². The number of fused-ring (bicyclic) bond motifs is 1. The van der Waals surface area contributed by atoms with Crippen LogP contribution in [0.2, 0.25) is 36.3 Å². The van der Waals surface area contributed by atoms with Crippen molar-refractivity contribution >= 4 is 16.6 Å². The molecule has 1 saturated heterocycles. The first-order chi connectivity index (χ1) is 15.6. The summed E-state index contributed by atoms with van der Waals surface area (Å²) in [4.78, 5) is 0. The monoisotopic (exact) mass is 530 g/mol. The summed E-state index contributed by atoms with van der Waals surface area (Å²) in [6.07, 6.45) is -0.199. The second kappa shape index (κ2) is 10.8. The van der Waals surface area contributed by atoms with E-state index in [1.54, 1.807) is 0 Å². The molecule has 0 radical (unpaired) electrons. The lowest BCUT2D eigenvalue weighted by Gasteiger charge is -2.37. The van der Waals surface area contributed by atoms with E-state index in [4.69, 9.17) is 13.6 Å². The molecule has 2 saturated carbocycles. The van der Waals surface area contributed by atoms with E-state index in [0.29, 0.717) is 41.6 Å².